The fourth-order valence-electron chi connectivity index (χ4n) is 4.85. The molecule has 0 radical (unpaired) electrons. The summed E-state index contributed by atoms with van der Waals surface area (Å²) in [6.45, 7) is 5.15. The molecule has 0 bridgehead atoms. The maximum absolute atomic E-state index is 14.2. The predicted octanol–water partition coefficient (Wildman–Crippen LogP) is 4.38. The van der Waals surface area contributed by atoms with Gasteiger partial charge in [-0.15, -0.1) is 0 Å². The molecule has 3 aliphatic rings. The number of halogens is 2. The molecule has 5 rings (SSSR count). The van der Waals surface area contributed by atoms with E-state index >= 15 is 0 Å². The van der Waals surface area contributed by atoms with Crippen LogP contribution in [0.1, 0.15) is 46.2 Å². The summed E-state index contributed by atoms with van der Waals surface area (Å²) >= 11 is 0.951. The van der Waals surface area contributed by atoms with Crippen LogP contribution in [0.4, 0.5) is 13.9 Å². The summed E-state index contributed by atoms with van der Waals surface area (Å²) in [7, 11) is 0. The van der Waals surface area contributed by atoms with Crippen LogP contribution in [0.5, 0.6) is 0 Å². The van der Waals surface area contributed by atoms with Crippen molar-refractivity contribution >= 4 is 34.1 Å². The van der Waals surface area contributed by atoms with E-state index in [1.165, 1.54) is 35.2 Å². The Morgan fingerprint density at radius 1 is 1.31 bits per heavy atom. The number of hydrogen-bond acceptors (Lipinski definition) is 7. The molecule has 1 saturated carbocycles. The van der Waals surface area contributed by atoms with Gasteiger partial charge in [0.05, 0.1) is 23.2 Å². The molecule has 7 nitrogen and oxygen atoms in total. The summed E-state index contributed by atoms with van der Waals surface area (Å²) in [6, 6.07) is 4.48. The van der Waals surface area contributed by atoms with Gasteiger partial charge < -0.3 is 9.47 Å². The highest BCUT2D eigenvalue weighted by atomic mass is 32.1. The number of carbonyl (C=O) groups is 3. The van der Waals surface area contributed by atoms with Crippen molar-refractivity contribution in [3.8, 4) is 0 Å². The highest BCUT2D eigenvalue weighted by molar-refractivity contribution is 7.17. The number of thiazole rings is 1. The SMILES string of the molecule is C=CCOC(=O)c1sc(N2C(=O)C3=C(C(=O)C4CC(F)CCC4O3)C2c2ccc(F)cc2)nc1C. The van der Waals surface area contributed by atoms with E-state index < -0.39 is 41.9 Å². The number of benzene rings is 1. The van der Waals surface area contributed by atoms with E-state index in [-0.39, 0.29) is 46.6 Å². The fraction of sp³-hybridized carbons (Fsp3) is 0.360. The van der Waals surface area contributed by atoms with Gasteiger partial charge in [-0.05, 0) is 43.9 Å². The molecule has 0 N–H and O–H groups in total. The van der Waals surface area contributed by atoms with Crippen LogP contribution in [0.15, 0.2) is 48.3 Å². The number of carbonyl (C=O) groups excluding carboxylic acids is 3. The van der Waals surface area contributed by atoms with Crippen LogP contribution in [0.25, 0.3) is 0 Å². The second kappa shape index (κ2) is 8.99. The first-order valence-electron chi connectivity index (χ1n) is 11.2. The van der Waals surface area contributed by atoms with Gasteiger partial charge in [-0.1, -0.05) is 36.1 Å². The summed E-state index contributed by atoms with van der Waals surface area (Å²) in [5.74, 6) is -2.80. The maximum atomic E-state index is 14.2. The molecule has 3 heterocycles. The van der Waals surface area contributed by atoms with Crippen molar-refractivity contribution in [3.05, 3.63) is 70.2 Å². The van der Waals surface area contributed by atoms with Crippen molar-refractivity contribution in [3.63, 3.8) is 0 Å². The van der Waals surface area contributed by atoms with Crippen LogP contribution in [0.2, 0.25) is 0 Å². The van der Waals surface area contributed by atoms with Crippen molar-refractivity contribution < 1.29 is 32.6 Å². The summed E-state index contributed by atoms with van der Waals surface area (Å²) in [6.07, 6.45) is 0.367. The molecule has 2 aromatic rings. The van der Waals surface area contributed by atoms with Gasteiger partial charge in [-0.25, -0.2) is 18.6 Å². The average Bonchev–Trinajstić information content (AvgIpc) is 3.36. The monoisotopic (exact) mass is 500 g/mol. The van der Waals surface area contributed by atoms with Gasteiger partial charge in [0.25, 0.3) is 5.91 Å². The second-order valence-corrected chi connectivity index (χ2v) is 9.69. The van der Waals surface area contributed by atoms with E-state index in [4.69, 9.17) is 9.47 Å². The summed E-state index contributed by atoms with van der Waals surface area (Å²) < 4.78 is 39.0. The first kappa shape index (κ1) is 23.3. The highest BCUT2D eigenvalue weighted by Crippen LogP contribution is 2.49. The van der Waals surface area contributed by atoms with Crippen molar-refractivity contribution in [2.45, 2.75) is 44.5 Å². The van der Waals surface area contributed by atoms with E-state index in [9.17, 15) is 23.2 Å². The Labute approximate surface area is 204 Å². The number of aromatic nitrogens is 1. The molecule has 1 aromatic carbocycles. The van der Waals surface area contributed by atoms with Gasteiger partial charge in [0.1, 0.15) is 29.6 Å². The number of nitrogens with zero attached hydrogens (tertiary/aromatic N) is 2. The van der Waals surface area contributed by atoms with Crippen LogP contribution in [-0.2, 0) is 19.1 Å². The Kier molecular flexibility index (Phi) is 6.00. The van der Waals surface area contributed by atoms with E-state index in [0.29, 0.717) is 17.7 Å². The van der Waals surface area contributed by atoms with Crippen LogP contribution in [0, 0.1) is 18.7 Å². The third-order valence-corrected chi connectivity index (χ3v) is 7.62. The molecule has 2 aliphatic heterocycles. The second-order valence-electron chi connectivity index (χ2n) is 8.71. The fourth-order valence-corrected chi connectivity index (χ4v) is 5.84. The Morgan fingerprint density at radius 2 is 2.06 bits per heavy atom. The standard InChI is InChI=1S/C25H22F2N2O5S/c1-3-10-33-24(32)22-12(2)28-25(35-22)29-19(13-4-6-14(26)7-5-13)18-20(30)16-11-15(27)8-9-17(16)34-21(18)23(29)31/h3-7,15-17,19H,1,8-11H2,2H3. The van der Waals surface area contributed by atoms with Crippen LogP contribution >= 0.6 is 11.3 Å². The molecular weight excluding hydrogens is 478 g/mol. The number of aryl methyl sites for hydroxylation is 1. The third-order valence-electron chi connectivity index (χ3n) is 6.48. The van der Waals surface area contributed by atoms with Crippen LogP contribution in [-0.4, -0.2) is 41.5 Å². The molecule has 182 valence electrons. The predicted molar refractivity (Wildman–Crippen MR) is 123 cm³/mol. The number of fused-ring (bicyclic) bond motifs is 1. The van der Waals surface area contributed by atoms with Gasteiger partial charge >= 0.3 is 5.97 Å². The molecule has 35 heavy (non-hydrogen) atoms. The molecule has 1 aromatic heterocycles. The lowest BCUT2D eigenvalue weighted by atomic mass is 9.77. The zero-order chi connectivity index (χ0) is 24.9. The quantitative estimate of drug-likeness (QED) is 0.447. The van der Waals surface area contributed by atoms with Gasteiger partial charge in [0, 0.05) is 0 Å². The number of ketones is 1. The lowest BCUT2D eigenvalue weighted by Crippen LogP contribution is -2.42. The van der Waals surface area contributed by atoms with E-state index in [1.807, 2.05) is 0 Å². The smallest absolute Gasteiger partial charge is 0.350 e. The molecular formula is C25H22F2N2O5S. The lowest BCUT2D eigenvalue weighted by Gasteiger charge is -2.36. The van der Waals surface area contributed by atoms with Crippen LogP contribution in [0.3, 0.4) is 0 Å². The molecule has 0 spiro atoms. The van der Waals surface area contributed by atoms with Gasteiger partial charge in [-0.3, -0.25) is 14.5 Å². The minimum Gasteiger partial charge on any atom is -0.483 e. The minimum atomic E-state index is -1.12. The number of rotatable bonds is 5. The highest BCUT2D eigenvalue weighted by Gasteiger charge is 2.54. The molecule has 1 fully saturated rings. The van der Waals surface area contributed by atoms with Gasteiger partial charge in [0.15, 0.2) is 16.7 Å². The third kappa shape index (κ3) is 3.95. The number of ether oxygens (including phenoxy) is 2. The number of anilines is 1. The van der Waals surface area contributed by atoms with E-state index in [1.54, 1.807) is 6.92 Å². The van der Waals surface area contributed by atoms with Crippen molar-refractivity contribution in [2.24, 2.45) is 5.92 Å². The van der Waals surface area contributed by atoms with Crippen molar-refractivity contribution in [1.29, 1.82) is 0 Å². The van der Waals surface area contributed by atoms with Gasteiger partial charge in [-0.2, -0.15) is 0 Å². The van der Waals surface area contributed by atoms with Gasteiger partial charge in [0.2, 0.25) is 0 Å². The molecule has 10 heteroatoms. The zero-order valence-electron chi connectivity index (χ0n) is 18.8. The Morgan fingerprint density at radius 3 is 2.77 bits per heavy atom. The number of esters is 1. The number of Topliss-reactive ketones (excluding diaryl/α,β-unsaturated/α-hetero) is 1. The average molecular weight is 501 g/mol. The first-order chi connectivity index (χ1) is 16.8. The minimum absolute atomic E-state index is 0.0168. The lowest BCUT2D eigenvalue weighted by molar-refractivity contribution is -0.133. The largest absolute Gasteiger partial charge is 0.483 e. The zero-order valence-corrected chi connectivity index (χ0v) is 19.6. The number of amides is 1. The molecule has 4 unspecified atom stereocenters. The van der Waals surface area contributed by atoms with E-state index in [0.717, 1.165) is 11.3 Å². The number of hydrogen-bond donors (Lipinski definition) is 0. The molecule has 4 atom stereocenters. The molecule has 1 amide bonds. The van der Waals surface area contributed by atoms with Crippen molar-refractivity contribution in [1.82, 2.24) is 4.98 Å². The summed E-state index contributed by atoms with van der Waals surface area (Å²) in [5, 5.41) is 0.171. The first-order valence-corrected chi connectivity index (χ1v) is 12.0. The van der Waals surface area contributed by atoms with Crippen LogP contribution < -0.4 is 4.90 Å². The summed E-state index contributed by atoms with van der Waals surface area (Å²) in [5.41, 5.74) is 0.938. The molecule has 1 aliphatic carbocycles. The number of alkyl halides is 1. The Bertz CT molecular complexity index is 1260. The normalized spacial score (nSPS) is 25.7. The molecule has 0 saturated heterocycles. The Balaban J connectivity index is 1.59. The maximum Gasteiger partial charge on any atom is 0.350 e. The summed E-state index contributed by atoms with van der Waals surface area (Å²) in [4.78, 5) is 45.6. The van der Waals surface area contributed by atoms with Crippen molar-refractivity contribution in [2.75, 3.05) is 11.5 Å². The van der Waals surface area contributed by atoms with E-state index in [2.05, 4.69) is 11.6 Å². The topological polar surface area (TPSA) is 85.8 Å². The Hall–Kier alpha value is -3.40.